The first kappa shape index (κ1) is 103. The second-order valence-electron chi connectivity index (χ2n) is 24.0. The molecule has 5 N–H and O–H groups in total. The Morgan fingerprint density at radius 1 is 0.413 bits per heavy atom. The zero-order valence-corrected chi connectivity index (χ0v) is 75.7. The second kappa shape index (κ2) is 55.2. The van der Waals surface area contributed by atoms with Gasteiger partial charge in [-0.25, -0.2) is 18.3 Å². The van der Waals surface area contributed by atoms with Gasteiger partial charge in [0.2, 0.25) is 0 Å². The first-order chi connectivity index (χ1) is 57.5. The molecule has 630 valence electrons. The van der Waals surface area contributed by atoms with Crippen molar-refractivity contribution in [3.05, 3.63) is 339 Å². The average molecular weight is 1890 g/mol. The van der Waals surface area contributed by atoms with E-state index >= 15 is 0 Å². The Bertz CT molecular complexity index is 5720. The zero-order chi connectivity index (χ0) is 87.9. The minimum absolute atomic E-state index is 0. The number of nitrogens with zero attached hydrogens (tertiary/aromatic N) is 7. The molecule has 0 aliphatic rings. The summed E-state index contributed by atoms with van der Waals surface area (Å²) in [5.41, 5.74) is 10.5. The number of aromatic hydroxyl groups is 2. The van der Waals surface area contributed by atoms with Crippen LogP contribution >= 0.6 is 11.6 Å². The van der Waals surface area contributed by atoms with Crippen LogP contribution in [0.4, 0.5) is 0 Å². The Morgan fingerprint density at radius 2 is 0.661 bits per heavy atom. The largest absolute Gasteiger partial charge is 0.265 e. The molecule has 13 aromatic rings. The van der Waals surface area contributed by atoms with Gasteiger partial charge >= 0.3 is 63.3 Å². The van der Waals surface area contributed by atoms with E-state index in [-0.39, 0.29) is 37.2 Å². The smallest absolute Gasteiger partial charge is 0.0273 e. The summed E-state index contributed by atoms with van der Waals surface area (Å²) < 4.78 is 155. The fourth-order valence-electron chi connectivity index (χ4n) is 10.2. The molecule has 0 amide bonds. The zero-order valence-electron chi connectivity index (χ0n) is 65.6. The molecule has 0 spiro atoms. The van der Waals surface area contributed by atoms with Crippen molar-refractivity contribution in [2.24, 2.45) is 0 Å². The first-order valence-electron chi connectivity index (χ1n) is 34.9. The number of benzene rings is 7. The number of phenols is 2. The summed E-state index contributed by atoms with van der Waals surface area (Å²) in [5, 5.41) is 26.9. The SMILES string of the molecule is CC#N.COc1ccc(CCl)cc1.COc1ccc(C[n+]2ccc(-c3cc[n+](Cc4ccc(OC)cc4)cc3)cc2)cc1.COc1ccccc1.COc1ccccc1.O=S(=O)(O)c1cc(C[n+]2ccc(-c3cc[n+](Cc4cc(S(=O)(=O)O)c(O)c(S(=O)(=O)O)c4)cc3)cc2)ccc1O.O=S(=O)=O.S=S=S=[S]=[V].[V].c1cc(-c2ccncc2)ccn1. The predicted molar refractivity (Wildman–Crippen MR) is 459 cm³/mol. The van der Waals surface area contributed by atoms with E-state index in [0.717, 1.165) is 70.7 Å². The summed E-state index contributed by atoms with van der Waals surface area (Å²) in [7, 11) is -4.79. The number of rotatable bonds is 20. The third kappa shape index (κ3) is 38.7. The van der Waals surface area contributed by atoms with E-state index < -0.39 is 67.1 Å². The molecule has 7 aromatic carbocycles. The normalized spacial score (nSPS) is 10.1. The topological polar surface area (TPSA) is 366 Å². The van der Waals surface area contributed by atoms with Crippen LogP contribution in [0, 0.1) is 11.3 Å². The molecule has 0 aliphatic heterocycles. The molecule has 37 heteroatoms. The Balaban J connectivity index is 0.000000328. The van der Waals surface area contributed by atoms with E-state index in [2.05, 4.69) is 119 Å². The van der Waals surface area contributed by atoms with Gasteiger partial charge in [-0.2, -0.15) is 30.5 Å². The van der Waals surface area contributed by atoms with Gasteiger partial charge in [-0.05, 0) is 178 Å². The van der Waals surface area contributed by atoms with Gasteiger partial charge in [-0.1, -0.05) is 48.5 Å². The summed E-state index contributed by atoms with van der Waals surface area (Å²) in [4.78, 5) is 5.20. The Labute approximate surface area is 743 Å². The van der Waals surface area contributed by atoms with Gasteiger partial charge < -0.3 is 33.9 Å². The fourth-order valence-corrected chi connectivity index (χ4v) is 16.6. The molecule has 26 nitrogen and oxygen atoms in total. The van der Waals surface area contributed by atoms with Crippen LogP contribution in [0.1, 0.15) is 34.7 Å². The Kier molecular flexibility index (Phi) is 46.8. The molecule has 6 heterocycles. The minimum Gasteiger partial charge on any atom is -0.265 e. The van der Waals surface area contributed by atoms with Crippen LogP contribution in [0.3, 0.4) is 0 Å². The average Bonchev–Trinajstić information content (AvgIpc) is 0.787. The molecule has 13 rings (SSSR count). The van der Waals surface area contributed by atoms with Crippen LogP contribution in [0.2, 0.25) is 0 Å². The molecule has 121 heavy (non-hydrogen) atoms. The maximum Gasteiger partial charge on any atom is 0.0273 e. The number of alkyl halides is 1. The monoisotopic (exact) mass is 1890 g/mol. The van der Waals surface area contributed by atoms with E-state index in [4.69, 9.17) is 53.2 Å². The summed E-state index contributed by atoms with van der Waals surface area (Å²) in [5.74, 6) is 3.16. The van der Waals surface area contributed by atoms with Gasteiger partial charge in [0.05, 0.1) is 41.6 Å². The van der Waals surface area contributed by atoms with Crippen LogP contribution in [0.5, 0.6) is 40.2 Å². The van der Waals surface area contributed by atoms with E-state index in [0.29, 0.717) is 11.4 Å². The second-order valence-corrected chi connectivity index (χ2v) is 35.1. The number of pyridine rings is 6. The van der Waals surface area contributed by atoms with Crippen molar-refractivity contribution >= 4 is 89.5 Å². The quantitative estimate of drug-likeness (QED) is 0.0269. The molecule has 0 saturated carbocycles. The number of halogens is 1. The van der Waals surface area contributed by atoms with Gasteiger partial charge in [0, 0.05) is 127 Å². The van der Waals surface area contributed by atoms with E-state index in [1.54, 1.807) is 141 Å². The van der Waals surface area contributed by atoms with Gasteiger partial charge in [0.15, 0.2) is 81.5 Å². The molecule has 0 fully saturated rings. The van der Waals surface area contributed by atoms with Crippen LogP contribution in [-0.2, 0) is 144 Å². The molecule has 0 aliphatic carbocycles. The molecule has 0 bridgehead atoms. The Morgan fingerprint density at radius 3 is 0.909 bits per heavy atom. The van der Waals surface area contributed by atoms with Crippen LogP contribution in [0.25, 0.3) is 33.4 Å². The number of hydrogen-bond acceptors (Lipinski definition) is 20. The summed E-state index contributed by atoms with van der Waals surface area (Å²) >= 11 is 12.5. The number of aromatic nitrogens is 6. The van der Waals surface area contributed by atoms with Crippen molar-refractivity contribution in [2.45, 2.75) is 53.7 Å². The predicted octanol–water partition coefficient (Wildman–Crippen LogP) is 12.7. The molecular formula is C84H84ClN7O19S8V2+4. The number of para-hydroxylation sites is 2. The van der Waals surface area contributed by atoms with Gasteiger partial charge in [-0.15, -0.1) is 24.2 Å². The molecule has 6 aromatic heterocycles. The van der Waals surface area contributed by atoms with Crippen molar-refractivity contribution in [1.82, 2.24) is 9.97 Å². The molecular weight excluding hydrogens is 1800 g/mol. The van der Waals surface area contributed by atoms with Crippen molar-refractivity contribution in [2.75, 3.05) is 35.5 Å². The molecule has 0 unspecified atom stereocenters. The number of ether oxygens (including phenoxy) is 5. The minimum atomic E-state index is -4.99. The van der Waals surface area contributed by atoms with E-state index in [1.165, 1.54) is 67.4 Å². The maximum atomic E-state index is 11.6. The summed E-state index contributed by atoms with van der Waals surface area (Å²) in [6.07, 6.45) is 22.4. The van der Waals surface area contributed by atoms with Crippen molar-refractivity contribution < 1.29 is 138 Å². The van der Waals surface area contributed by atoms with Crippen LogP contribution < -0.4 is 42.0 Å². The standard InChI is InChI=1S/C26H26N2O2.C24H20N2O11S3.C10H8N2.C8H9ClO.2C7H8O.C2H3N.O3S.S4.2V/c1-29-25-7-3-21(4-8-25)19-27-15-11-23(12-16-27)24-13-17-28(18-14-24)20-22-5-9-26(30-2)10-6-22;27-20-2-1-16(11-21(20)38(29,30)31)14-25-7-3-18(4-8-25)19-5-9-26(10-6-19)15-17-12-22(39(32,33)34)24(28)23(13-17)40(35,36)37;1-5-11-6-2-9(1)10-3-7-12-8-4-10;1-10-8-4-2-7(6-9)3-5-8;2*1-8-7-5-3-2-4-6-7;1-2-3;1-4(2)3;1-3-4-2;;/h3-18H,19-20H2,1-2H3;1-13H,14-15H2,(H3-2,27,28,29,30,31,32,33,34,35,36,37);1-8H;2-5H,6H2,1H3;2*2-6H,1H3;1H3;;;;/q+2;;;;;;;;;;/p+2. The number of hydrogen-bond donors (Lipinski definition) is 5. The van der Waals surface area contributed by atoms with Gasteiger partial charge in [-0.3, -0.25) is 23.6 Å². The third-order valence-electron chi connectivity index (χ3n) is 16.0. The third-order valence-corrected chi connectivity index (χ3v) is 24.5. The first-order valence-corrected chi connectivity index (χ1v) is 46.8. The van der Waals surface area contributed by atoms with Gasteiger partial charge in [0.25, 0.3) is 30.4 Å². The summed E-state index contributed by atoms with van der Waals surface area (Å²) in [6, 6.07) is 74.4. The number of nitriles is 1. The van der Waals surface area contributed by atoms with Crippen LogP contribution in [0.15, 0.2) is 326 Å². The number of methoxy groups -OCH3 is 5. The van der Waals surface area contributed by atoms with Crippen molar-refractivity contribution in [3.63, 3.8) is 0 Å². The number of phenolic OH excluding ortho intramolecular Hbond substituents is 2. The van der Waals surface area contributed by atoms with E-state index in [9.17, 15) is 49.1 Å². The molecule has 1 radical (unpaired) electrons. The fraction of sp³-hybridized carbons (Fsp3) is 0.131. The van der Waals surface area contributed by atoms with Crippen molar-refractivity contribution in [1.29, 1.82) is 5.26 Å². The van der Waals surface area contributed by atoms with E-state index in [1.807, 2.05) is 133 Å². The maximum absolute atomic E-state index is 11.6. The van der Waals surface area contributed by atoms with Crippen LogP contribution in [-0.4, -0.2) is 107 Å². The Hall–Kier alpha value is -10.8. The summed E-state index contributed by atoms with van der Waals surface area (Å²) in [6.45, 7) is 3.28. The molecule has 0 saturated heterocycles. The molecule has 0 atom stereocenters. The van der Waals surface area contributed by atoms with Crippen molar-refractivity contribution in [3.8, 4) is 79.7 Å². The van der Waals surface area contributed by atoms with Gasteiger partial charge in [0.1, 0.15) is 49.2 Å².